The van der Waals surface area contributed by atoms with Gasteiger partial charge in [-0.1, -0.05) is 13.8 Å². The SMILES string of the molecule is CCN(CC)CCCNCc1cc(C#N)cs1. The van der Waals surface area contributed by atoms with E-state index in [1.54, 1.807) is 11.3 Å². The smallest absolute Gasteiger partial charge is 0.100 e. The van der Waals surface area contributed by atoms with Crippen LogP contribution in [-0.4, -0.2) is 31.1 Å². The summed E-state index contributed by atoms with van der Waals surface area (Å²) >= 11 is 1.65. The molecule has 4 heteroatoms. The number of thiophene rings is 1. The van der Waals surface area contributed by atoms with E-state index in [1.165, 1.54) is 11.3 Å². The van der Waals surface area contributed by atoms with E-state index in [0.29, 0.717) is 0 Å². The summed E-state index contributed by atoms with van der Waals surface area (Å²) in [6.45, 7) is 9.74. The summed E-state index contributed by atoms with van der Waals surface area (Å²) in [6, 6.07) is 4.12. The average Bonchev–Trinajstić information content (AvgIpc) is 2.82. The Morgan fingerprint density at radius 1 is 1.41 bits per heavy atom. The lowest BCUT2D eigenvalue weighted by Crippen LogP contribution is -2.27. The lowest BCUT2D eigenvalue weighted by Gasteiger charge is -2.17. The van der Waals surface area contributed by atoms with Crippen LogP contribution in [0.15, 0.2) is 11.4 Å². The third kappa shape index (κ3) is 5.31. The number of rotatable bonds is 8. The molecular formula is C13H21N3S. The van der Waals surface area contributed by atoms with Gasteiger partial charge in [-0.15, -0.1) is 11.3 Å². The molecule has 0 aliphatic carbocycles. The van der Waals surface area contributed by atoms with Crippen LogP contribution in [0, 0.1) is 11.3 Å². The van der Waals surface area contributed by atoms with Crippen LogP contribution in [0.25, 0.3) is 0 Å². The van der Waals surface area contributed by atoms with Gasteiger partial charge in [-0.25, -0.2) is 0 Å². The molecule has 1 aromatic rings. The Morgan fingerprint density at radius 2 is 2.18 bits per heavy atom. The molecular weight excluding hydrogens is 230 g/mol. The largest absolute Gasteiger partial charge is 0.312 e. The van der Waals surface area contributed by atoms with Gasteiger partial charge in [0.15, 0.2) is 0 Å². The Hall–Kier alpha value is -0.890. The van der Waals surface area contributed by atoms with E-state index < -0.39 is 0 Å². The first-order chi connectivity index (χ1) is 8.30. The van der Waals surface area contributed by atoms with Gasteiger partial charge in [0.05, 0.1) is 5.56 Å². The van der Waals surface area contributed by atoms with Crippen molar-refractivity contribution in [3.8, 4) is 6.07 Å². The first-order valence-corrected chi connectivity index (χ1v) is 7.08. The number of hydrogen-bond donors (Lipinski definition) is 1. The lowest BCUT2D eigenvalue weighted by molar-refractivity contribution is 0.298. The molecule has 0 aromatic carbocycles. The minimum Gasteiger partial charge on any atom is -0.312 e. The summed E-state index contributed by atoms with van der Waals surface area (Å²) in [6.07, 6.45) is 1.18. The lowest BCUT2D eigenvalue weighted by atomic mass is 10.3. The second-order valence-corrected chi connectivity index (χ2v) is 4.97. The molecule has 0 radical (unpaired) electrons. The van der Waals surface area contributed by atoms with E-state index in [0.717, 1.165) is 38.3 Å². The maximum absolute atomic E-state index is 8.71. The Labute approximate surface area is 108 Å². The van der Waals surface area contributed by atoms with E-state index in [2.05, 4.69) is 30.1 Å². The van der Waals surface area contributed by atoms with Gasteiger partial charge < -0.3 is 10.2 Å². The molecule has 0 saturated carbocycles. The molecule has 0 aliphatic rings. The highest BCUT2D eigenvalue weighted by Gasteiger charge is 2.00. The van der Waals surface area contributed by atoms with Crippen molar-refractivity contribution in [3.05, 3.63) is 21.9 Å². The number of hydrogen-bond acceptors (Lipinski definition) is 4. The van der Waals surface area contributed by atoms with Crippen molar-refractivity contribution in [3.63, 3.8) is 0 Å². The average molecular weight is 251 g/mol. The van der Waals surface area contributed by atoms with Crippen molar-refractivity contribution in [1.29, 1.82) is 5.26 Å². The number of nitrogens with one attached hydrogen (secondary N) is 1. The van der Waals surface area contributed by atoms with Gasteiger partial charge in [0.1, 0.15) is 6.07 Å². The molecule has 1 N–H and O–H groups in total. The molecule has 0 aliphatic heterocycles. The van der Waals surface area contributed by atoms with Crippen molar-refractivity contribution in [2.45, 2.75) is 26.8 Å². The fourth-order valence-corrected chi connectivity index (χ4v) is 2.49. The predicted octanol–water partition coefficient (Wildman–Crippen LogP) is 2.44. The maximum Gasteiger partial charge on any atom is 0.100 e. The summed E-state index contributed by atoms with van der Waals surface area (Å²) in [5.74, 6) is 0. The predicted molar refractivity (Wildman–Crippen MR) is 73.1 cm³/mol. The van der Waals surface area contributed by atoms with Gasteiger partial charge in [-0.3, -0.25) is 0 Å². The van der Waals surface area contributed by atoms with Gasteiger partial charge in [0.25, 0.3) is 0 Å². The van der Waals surface area contributed by atoms with E-state index in [9.17, 15) is 0 Å². The molecule has 0 bridgehead atoms. The standard InChI is InChI=1S/C13H21N3S/c1-3-16(4-2)7-5-6-15-10-13-8-12(9-14)11-17-13/h8,11,15H,3-7,10H2,1-2H3. The van der Waals surface area contributed by atoms with Crippen LogP contribution in [-0.2, 0) is 6.54 Å². The zero-order chi connectivity index (χ0) is 12.5. The molecule has 0 fully saturated rings. The molecule has 94 valence electrons. The van der Waals surface area contributed by atoms with Crippen molar-refractivity contribution in [1.82, 2.24) is 10.2 Å². The van der Waals surface area contributed by atoms with Crippen molar-refractivity contribution in [2.24, 2.45) is 0 Å². The summed E-state index contributed by atoms with van der Waals surface area (Å²) in [5.41, 5.74) is 0.773. The minimum atomic E-state index is 0.773. The van der Waals surface area contributed by atoms with Crippen molar-refractivity contribution >= 4 is 11.3 Å². The first-order valence-electron chi connectivity index (χ1n) is 6.20. The van der Waals surface area contributed by atoms with Gasteiger partial charge in [0, 0.05) is 16.8 Å². The molecule has 0 atom stereocenters. The van der Waals surface area contributed by atoms with E-state index >= 15 is 0 Å². The summed E-state index contributed by atoms with van der Waals surface area (Å²) < 4.78 is 0. The molecule has 1 heterocycles. The fourth-order valence-electron chi connectivity index (χ4n) is 1.71. The molecule has 0 spiro atoms. The molecule has 1 rings (SSSR count). The van der Waals surface area contributed by atoms with Crippen LogP contribution in [0.1, 0.15) is 30.7 Å². The molecule has 0 amide bonds. The Balaban J connectivity index is 2.10. The summed E-state index contributed by atoms with van der Waals surface area (Å²) in [5, 5.41) is 14.0. The van der Waals surface area contributed by atoms with Crippen LogP contribution in [0.5, 0.6) is 0 Å². The fraction of sp³-hybridized carbons (Fsp3) is 0.615. The Morgan fingerprint density at radius 3 is 2.76 bits per heavy atom. The van der Waals surface area contributed by atoms with Gasteiger partial charge >= 0.3 is 0 Å². The van der Waals surface area contributed by atoms with Gasteiger partial charge in [0.2, 0.25) is 0 Å². The molecule has 3 nitrogen and oxygen atoms in total. The van der Waals surface area contributed by atoms with Gasteiger partial charge in [-0.05, 0) is 38.7 Å². The zero-order valence-electron chi connectivity index (χ0n) is 10.7. The summed E-state index contributed by atoms with van der Waals surface area (Å²) in [7, 11) is 0. The van der Waals surface area contributed by atoms with Crippen LogP contribution >= 0.6 is 11.3 Å². The van der Waals surface area contributed by atoms with Crippen molar-refractivity contribution in [2.75, 3.05) is 26.2 Å². The quantitative estimate of drug-likeness (QED) is 0.721. The van der Waals surface area contributed by atoms with Crippen molar-refractivity contribution < 1.29 is 0 Å². The zero-order valence-corrected chi connectivity index (χ0v) is 11.5. The Kier molecular flexibility index (Phi) is 6.87. The van der Waals surface area contributed by atoms with Crippen LogP contribution < -0.4 is 5.32 Å². The minimum absolute atomic E-state index is 0.773. The Bertz CT molecular complexity index is 350. The summed E-state index contributed by atoms with van der Waals surface area (Å²) in [4.78, 5) is 3.67. The second kappa shape index (κ2) is 8.24. The third-order valence-corrected chi connectivity index (χ3v) is 3.74. The molecule has 17 heavy (non-hydrogen) atoms. The topological polar surface area (TPSA) is 39.1 Å². The van der Waals surface area contributed by atoms with Crippen LogP contribution in [0.2, 0.25) is 0 Å². The second-order valence-electron chi connectivity index (χ2n) is 3.97. The molecule has 1 aromatic heterocycles. The van der Waals surface area contributed by atoms with E-state index in [4.69, 9.17) is 5.26 Å². The normalized spacial score (nSPS) is 10.7. The number of nitriles is 1. The third-order valence-electron chi connectivity index (χ3n) is 2.80. The van der Waals surface area contributed by atoms with E-state index in [1.807, 2.05) is 11.4 Å². The number of nitrogens with zero attached hydrogens (tertiary/aromatic N) is 2. The molecule has 0 saturated heterocycles. The molecule has 0 unspecified atom stereocenters. The van der Waals surface area contributed by atoms with Crippen LogP contribution in [0.4, 0.5) is 0 Å². The van der Waals surface area contributed by atoms with Crippen LogP contribution in [0.3, 0.4) is 0 Å². The first kappa shape index (κ1) is 14.2. The van der Waals surface area contributed by atoms with E-state index in [-0.39, 0.29) is 0 Å². The highest BCUT2D eigenvalue weighted by molar-refractivity contribution is 7.10. The highest BCUT2D eigenvalue weighted by Crippen LogP contribution is 2.13. The highest BCUT2D eigenvalue weighted by atomic mass is 32.1. The van der Waals surface area contributed by atoms with Gasteiger partial charge in [-0.2, -0.15) is 5.26 Å². The monoisotopic (exact) mass is 251 g/mol. The maximum atomic E-state index is 8.71.